The van der Waals surface area contributed by atoms with Gasteiger partial charge in [0, 0.05) is 18.9 Å². The Kier molecular flexibility index (Phi) is 7.55. The topological polar surface area (TPSA) is 98.2 Å². The summed E-state index contributed by atoms with van der Waals surface area (Å²) in [6, 6.07) is 5.06. The van der Waals surface area contributed by atoms with Crippen LogP contribution >= 0.6 is 0 Å². The van der Waals surface area contributed by atoms with E-state index in [1.807, 2.05) is 0 Å². The fraction of sp³-hybridized carbons (Fsp3) is 0.400. The van der Waals surface area contributed by atoms with Crippen LogP contribution in [0.5, 0.6) is 11.5 Å². The highest BCUT2D eigenvalue weighted by molar-refractivity contribution is 6.06. The maximum atomic E-state index is 12.0. The molecule has 0 spiro atoms. The molecule has 0 aliphatic carbocycles. The lowest BCUT2D eigenvalue weighted by Gasteiger charge is -2.11. The monoisotopic (exact) mass is 323 g/mol. The van der Waals surface area contributed by atoms with Crippen LogP contribution in [0.4, 0.5) is 5.69 Å². The van der Waals surface area contributed by atoms with Gasteiger partial charge in [-0.1, -0.05) is 0 Å². The molecule has 1 aromatic rings. The van der Waals surface area contributed by atoms with Crippen LogP contribution in [0.25, 0.3) is 0 Å². The van der Waals surface area contributed by atoms with Gasteiger partial charge in [-0.3, -0.25) is 9.59 Å². The van der Waals surface area contributed by atoms with Gasteiger partial charge in [0.05, 0.1) is 26.3 Å². The molecule has 0 unspecified atom stereocenters. The summed E-state index contributed by atoms with van der Waals surface area (Å²) >= 11 is 0. The smallest absolute Gasteiger partial charge is 0.266 e. The molecule has 0 fully saturated rings. The molecule has 1 aromatic carbocycles. The normalized spacial score (nSPS) is 10.9. The third kappa shape index (κ3) is 6.35. The molecule has 0 atom stereocenters. The summed E-state index contributed by atoms with van der Waals surface area (Å²) in [5, 5.41) is 6.54. The maximum Gasteiger partial charge on any atom is 0.266 e. The summed E-state index contributed by atoms with van der Waals surface area (Å²) in [4.78, 5) is 23.2. The summed E-state index contributed by atoms with van der Waals surface area (Å²) in [6.07, 6.45) is 0.0302. The predicted molar refractivity (Wildman–Crippen MR) is 85.9 cm³/mol. The van der Waals surface area contributed by atoms with Gasteiger partial charge in [0.1, 0.15) is 18.1 Å². The van der Waals surface area contributed by atoms with Crippen LogP contribution in [-0.2, 0) is 14.3 Å². The first kappa shape index (κ1) is 18.4. The van der Waals surface area contributed by atoms with Crippen LogP contribution in [-0.4, -0.2) is 45.5 Å². The molecule has 0 aliphatic heterocycles. The Morgan fingerprint density at radius 3 is 2.48 bits per heavy atom. The molecule has 0 saturated heterocycles. The molecule has 0 heterocycles. The van der Waals surface area contributed by atoms with Crippen molar-refractivity contribution < 1.29 is 23.8 Å². The zero-order valence-electron chi connectivity index (χ0n) is 13.6. The second-order valence-corrected chi connectivity index (χ2v) is 4.61. The number of benzene rings is 1. The molecule has 0 radical (unpaired) electrons. The quantitative estimate of drug-likeness (QED) is 0.553. The van der Waals surface area contributed by atoms with Crippen LogP contribution in [0.1, 0.15) is 13.3 Å². The Hall–Kier alpha value is -2.61. The Morgan fingerprint density at radius 1 is 1.13 bits per heavy atom. The van der Waals surface area contributed by atoms with Crippen molar-refractivity contribution in [2.75, 3.05) is 33.3 Å². The van der Waals surface area contributed by atoms with E-state index in [1.165, 1.54) is 14.2 Å². The number of ether oxygens (including phenoxy) is 3. The molecule has 2 amide bonds. The number of hydrazone groups is 1. The lowest BCUT2D eigenvalue weighted by molar-refractivity contribution is -0.124. The molecule has 1 rings (SSSR count). The highest BCUT2D eigenvalue weighted by Gasteiger charge is 2.10. The van der Waals surface area contributed by atoms with Crippen molar-refractivity contribution in [3.05, 3.63) is 18.2 Å². The first-order chi connectivity index (χ1) is 11.0. The number of carbonyl (C=O) groups is 2. The molecule has 8 heteroatoms. The Balaban J connectivity index is 2.62. The Bertz CT molecular complexity index is 586. The second-order valence-electron chi connectivity index (χ2n) is 4.61. The van der Waals surface area contributed by atoms with E-state index in [1.54, 1.807) is 32.2 Å². The molecule has 0 saturated carbocycles. The molecular weight excluding hydrogens is 302 g/mol. The zero-order chi connectivity index (χ0) is 17.2. The maximum absolute atomic E-state index is 12.0. The van der Waals surface area contributed by atoms with Gasteiger partial charge in [0.15, 0.2) is 0 Å². The van der Waals surface area contributed by atoms with Crippen molar-refractivity contribution in [1.29, 1.82) is 0 Å². The van der Waals surface area contributed by atoms with E-state index in [4.69, 9.17) is 9.47 Å². The highest BCUT2D eigenvalue weighted by Crippen LogP contribution is 2.29. The summed E-state index contributed by atoms with van der Waals surface area (Å²) in [5.41, 5.74) is 3.27. The van der Waals surface area contributed by atoms with Gasteiger partial charge in [-0.2, -0.15) is 5.10 Å². The van der Waals surface area contributed by atoms with E-state index in [2.05, 4.69) is 20.6 Å². The summed E-state index contributed by atoms with van der Waals surface area (Å²) in [6.45, 7) is 1.55. The van der Waals surface area contributed by atoms with E-state index in [0.717, 1.165) is 0 Å². The van der Waals surface area contributed by atoms with Gasteiger partial charge in [-0.15, -0.1) is 0 Å². The van der Waals surface area contributed by atoms with Crippen molar-refractivity contribution in [2.45, 2.75) is 13.3 Å². The number of nitrogens with zero attached hydrogens (tertiary/aromatic N) is 1. The van der Waals surface area contributed by atoms with Crippen LogP contribution in [0.15, 0.2) is 23.3 Å². The van der Waals surface area contributed by atoms with Crippen LogP contribution < -0.4 is 20.2 Å². The first-order valence-electron chi connectivity index (χ1n) is 6.83. The number of anilines is 1. The second kappa shape index (κ2) is 9.42. The van der Waals surface area contributed by atoms with Gasteiger partial charge in [-0.25, -0.2) is 5.43 Å². The van der Waals surface area contributed by atoms with E-state index in [-0.39, 0.29) is 24.8 Å². The number of amides is 2. The number of hydrogen-bond donors (Lipinski definition) is 2. The standard InChI is InChI=1S/C15H21N3O5/c1-10(17-18-15(20)9-21-2)7-14(19)16-12-6-5-11(22-3)8-13(12)23-4/h5-6,8H,7,9H2,1-4H3,(H,16,19)(H,18,20)/b17-10-. The summed E-state index contributed by atoms with van der Waals surface area (Å²) in [7, 11) is 4.46. The number of carbonyl (C=O) groups excluding carboxylic acids is 2. The molecule has 126 valence electrons. The fourth-order valence-corrected chi connectivity index (χ4v) is 1.69. The van der Waals surface area contributed by atoms with Gasteiger partial charge in [-0.05, 0) is 19.1 Å². The third-order valence-corrected chi connectivity index (χ3v) is 2.75. The van der Waals surface area contributed by atoms with Crippen LogP contribution in [0, 0.1) is 0 Å². The van der Waals surface area contributed by atoms with E-state index in [9.17, 15) is 9.59 Å². The van der Waals surface area contributed by atoms with E-state index < -0.39 is 0 Å². The third-order valence-electron chi connectivity index (χ3n) is 2.75. The predicted octanol–water partition coefficient (Wildman–Crippen LogP) is 1.17. The van der Waals surface area contributed by atoms with Gasteiger partial charge < -0.3 is 19.5 Å². The van der Waals surface area contributed by atoms with E-state index >= 15 is 0 Å². The molecule has 0 aromatic heterocycles. The lowest BCUT2D eigenvalue weighted by atomic mass is 10.2. The summed E-state index contributed by atoms with van der Waals surface area (Å²) < 4.78 is 15.0. The average Bonchev–Trinajstić information content (AvgIpc) is 2.53. The highest BCUT2D eigenvalue weighted by atomic mass is 16.5. The minimum absolute atomic E-state index is 0.0302. The Labute approximate surface area is 134 Å². The van der Waals surface area contributed by atoms with Crippen molar-refractivity contribution in [1.82, 2.24) is 5.43 Å². The molecule has 0 bridgehead atoms. The van der Waals surface area contributed by atoms with Crippen LogP contribution in [0.2, 0.25) is 0 Å². The van der Waals surface area contributed by atoms with Crippen molar-refractivity contribution in [3.8, 4) is 11.5 Å². The molecule has 8 nitrogen and oxygen atoms in total. The molecule has 0 aliphatic rings. The molecule has 23 heavy (non-hydrogen) atoms. The van der Waals surface area contributed by atoms with Crippen molar-refractivity contribution >= 4 is 23.2 Å². The van der Waals surface area contributed by atoms with Gasteiger partial charge in [0.25, 0.3) is 5.91 Å². The lowest BCUT2D eigenvalue weighted by Crippen LogP contribution is -2.24. The number of rotatable bonds is 8. The average molecular weight is 323 g/mol. The number of methoxy groups -OCH3 is 3. The van der Waals surface area contributed by atoms with E-state index in [0.29, 0.717) is 22.9 Å². The van der Waals surface area contributed by atoms with Gasteiger partial charge in [0.2, 0.25) is 5.91 Å². The number of hydrogen-bond acceptors (Lipinski definition) is 6. The van der Waals surface area contributed by atoms with Crippen molar-refractivity contribution in [3.63, 3.8) is 0 Å². The first-order valence-corrected chi connectivity index (χ1v) is 6.83. The minimum Gasteiger partial charge on any atom is -0.497 e. The molecular formula is C15H21N3O5. The number of nitrogens with one attached hydrogen (secondary N) is 2. The Morgan fingerprint density at radius 2 is 1.87 bits per heavy atom. The minimum atomic E-state index is -0.385. The van der Waals surface area contributed by atoms with Crippen molar-refractivity contribution in [2.24, 2.45) is 5.10 Å². The zero-order valence-corrected chi connectivity index (χ0v) is 13.6. The molecule has 2 N–H and O–H groups in total. The SMILES string of the molecule is COCC(=O)N/N=C(/C)CC(=O)Nc1ccc(OC)cc1OC. The largest absolute Gasteiger partial charge is 0.497 e. The van der Waals surface area contributed by atoms with Gasteiger partial charge >= 0.3 is 0 Å². The summed E-state index contributed by atoms with van der Waals surface area (Å²) in [5.74, 6) is 0.443. The fourth-order valence-electron chi connectivity index (χ4n) is 1.69. The van der Waals surface area contributed by atoms with Crippen LogP contribution in [0.3, 0.4) is 0 Å².